The second-order valence-corrected chi connectivity index (χ2v) is 5.10. The van der Waals surface area contributed by atoms with Gasteiger partial charge in [0.15, 0.2) is 11.6 Å². The summed E-state index contributed by atoms with van der Waals surface area (Å²) in [5, 5.41) is 9.16. The molecule has 1 heterocycles. The van der Waals surface area contributed by atoms with Crippen LogP contribution in [0.1, 0.15) is 39.0 Å². The third-order valence-corrected chi connectivity index (χ3v) is 3.50. The highest BCUT2D eigenvalue weighted by Gasteiger charge is 2.32. The fourth-order valence-electron chi connectivity index (χ4n) is 2.35. The fourth-order valence-corrected chi connectivity index (χ4v) is 2.35. The van der Waals surface area contributed by atoms with Crippen LogP contribution in [0.15, 0.2) is 18.2 Å². The van der Waals surface area contributed by atoms with Gasteiger partial charge in [0.2, 0.25) is 0 Å². The van der Waals surface area contributed by atoms with Gasteiger partial charge < -0.3 is 9.84 Å². The molecule has 1 aromatic carbocycles. The Morgan fingerprint density at radius 1 is 1.40 bits per heavy atom. The van der Waals surface area contributed by atoms with E-state index in [2.05, 4.69) is 6.92 Å². The number of hydrogen-bond donors (Lipinski definition) is 1. The van der Waals surface area contributed by atoms with Crippen LogP contribution in [0.2, 0.25) is 0 Å². The van der Waals surface area contributed by atoms with E-state index in [9.17, 15) is 9.18 Å². The van der Waals surface area contributed by atoms with Crippen molar-refractivity contribution in [1.82, 2.24) is 0 Å². The molecular formula is C15H20FNO3. The van der Waals surface area contributed by atoms with Crippen molar-refractivity contribution in [1.29, 1.82) is 0 Å². The van der Waals surface area contributed by atoms with Crippen molar-refractivity contribution >= 4 is 11.8 Å². The zero-order valence-corrected chi connectivity index (χ0v) is 11.6. The normalized spacial score (nSPS) is 18.4. The van der Waals surface area contributed by atoms with Crippen LogP contribution in [-0.2, 0) is 4.74 Å². The maximum absolute atomic E-state index is 13.3. The number of anilines is 1. The number of carbonyl (C=O) groups is 1. The van der Waals surface area contributed by atoms with Crippen molar-refractivity contribution in [2.45, 2.75) is 45.1 Å². The molecule has 1 aliphatic heterocycles. The molecule has 0 saturated carbocycles. The van der Waals surface area contributed by atoms with Gasteiger partial charge in [0.25, 0.3) is 0 Å². The number of amides is 1. The lowest BCUT2D eigenvalue weighted by Gasteiger charge is -2.13. The molecule has 1 fully saturated rings. The maximum atomic E-state index is 13.3. The highest BCUT2D eigenvalue weighted by Crippen LogP contribution is 2.27. The van der Waals surface area contributed by atoms with Crippen molar-refractivity contribution in [2.24, 2.45) is 0 Å². The van der Waals surface area contributed by atoms with Crippen LogP contribution in [0.5, 0.6) is 5.75 Å². The molecule has 1 aliphatic rings. The second-order valence-electron chi connectivity index (χ2n) is 5.10. The van der Waals surface area contributed by atoms with E-state index in [1.165, 1.54) is 29.9 Å². The predicted octanol–water partition coefficient (Wildman–Crippen LogP) is 3.83. The number of phenolic OH excluding ortho intramolecular Hbond substituents is 1. The van der Waals surface area contributed by atoms with Crippen LogP contribution in [0, 0.1) is 5.82 Å². The number of carbonyl (C=O) groups excluding carboxylic acids is 1. The number of unbranched alkanes of at least 4 members (excludes halogenated alkanes) is 3. The highest BCUT2D eigenvalue weighted by molar-refractivity contribution is 5.89. The van der Waals surface area contributed by atoms with Gasteiger partial charge in [-0.05, 0) is 25.0 Å². The lowest BCUT2D eigenvalue weighted by Crippen LogP contribution is -2.24. The van der Waals surface area contributed by atoms with Gasteiger partial charge in [0, 0.05) is 6.07 Å². The average molecular weight is 281 g/mol. The molecule has 0 spiro atoms. The second kappa shape index (κ2) is 6.59. The topological polar surface area (TPSA) is 49.8 Å². The van der Waals surface area contributed by atoms with Crippen molar-refractivity contribution in [3.05, 3.63) is 24.0 Å². The number of benzene rings is 1. The Morgan fingerprint density at radius 3 is 2.90 bits per heavy atom. The average Bonchev–Trinajstić information content (AvgIpc) is 2.79. The molecule has 4 nitrogen and oxygen atoms in total. The summed E-state index contributed by atoms with van der Waals surface area (Å²) in [6, 6.07) is 3.90. The first-order valence-corrected chi connectivity index (χ1v) is 7.08. The lowest BCUT2D eigenvalue weighted by molar-refractivity contribution is 0.135. The van der Waals surface area contributed by atoms with Crippen LogP contribution in [-0.4, -0.2) is 23.8 Å². The first kappa shape index (κ1) is 14.6. The van der Waals surface area contributed by atoms with Crippen molar-refractivity contribution in [3.63, 3.8) is 0 Å². The van der Waals surface area contributed by atoms with Crippen molar-refractivity contribution in [2.75, 3.05) is 11.4 Å². The molecule has 20 heavy (non-hydrogen) atoms. The van der Waals surface area contributed by atoms with Gasteiger partial charge in [-0.3, -0.25) is 4.90 Å². The fraction of sp³-hybridized carbons (Fsp3) is 0.533. The summed E-state index contributed by atoms with van der Waals surface area (Å²) in [6.07, 6.45) is 4.79. The summed E-state index contributed by atoms with van der Waals surface area (Å²) in [5.41, 5.74) is 0.418. The quantitative estimate of drug-likeness (QED) is 0.806. The summed E-state index contributed by atoms with van der Waals surface area (Å²) in [5.74, 6) is -1.15. The van der Waals surface area contributed by atoms with E-state index >= 15 is 0 Å². The highest BCUT2D eigenvalue weighted by atomic mass is 19.1. The minimum absolute atomic E-state index is 0.128. The third-order valence-electron chi connectivity index (χ3n) is 3.50. The number of halogens is 1. The van der Waals surface area contributed by atoms with Crippen molar-refractivity contribution in [3.8, 4) is 5.75 Å². The van der Waals surface area contributed by atoms with Gasteiger partial charge in [0.1, 0.15) is 6.10 Å². The number of ether oxygens (including phenoxy) is 1. The Kier molecular flexibility index (Phi) is 4.82. The smallest absolute Gasteiger partial charge is 0.414 e. The Hall–Kier alpha value is -1.78. The van der Waals surface area contributed by atoms with Crippen LogP contribution in [0.3, 0.4) is 0 Å². The van der Waals surface area contributed by atoms with E-state index in [4.69, 9.17) is 9.84 Å². The summed E-state index contributed by atoms with van der Waals surface area (Å²) in [7, 11) is 0. The Balaban J connectivity index is 1.93. The monoisotopic (exact) mass is 281 g/mol. The molecule has 5 heteroatoms. The number of cyclic esters (lactones) is 1. The SMILES string of the molecule is CCCCCCC1CN(c2ccc(O)c(F)c2)C(=O)O1. The molecule has 110 valence electrons. The van der Waals surface area contributed by atoms with Crippen LogP contribution in [0.25, 0.3) is 0 Å². The summed E-state index contributed by atoms with van der Waals surface area (Å²) >= 11 is 0. The molecule has 2 rings (SSSR count). The Labute approximate surface area is 118 Å². The van der Waals surface area contributed by atoms with Crippen LogP contribution < -0.4 is 4.90 Å². The summed E-state index contributed by atoms with van der Waals surface area (Å²) < 4.78 is 18.6. The molecule has 1 saturated heterocycles. The van der Waals surface area contributed by atoms with Gasteiger partial charge >= 0.3 is 6.09 Å². The van der Waals surface area contributed by atoms with Gasteiger partial charge in [-0.15, -0.1) is 0 Å². The number of aromatic hydroxyl groups is 1. The maximum Gasteiger partial charge on any atom is 0.414 e. The van der Waals surface area contributed by atoms with E-state index < -0.39 is 17.7 Å². The van der Waals surface area contributed by atoms with E-state index in [0.717, 1.165) is 25.3 Å². The van der Waals surface area contributed by atoms with Crippen LogP contribution >= 0.6 is 0 Å². The van der Waals surface area contributed by atoms with E-state index in [0.29, 0.717) is 12.2 Å². The molecule has 0 aromatic heterocycles. The molecule has 1 aromatic rings. The molecule has 1 unspecified atom stereocenters. The number of rotatable bonds is 6. The van der Waals surface area contributed by atoms with Gasteiger partial charge in [-0.2, -0.15) is 0 Å². The van der Waals surface area contributed by atoms with Crippen LogP contribution in [0.4, 0.5) is 14.9 Å². The van der Waals surface area contributed by atoms with E-state index in [1.54, 1.807) is 0 Å². The number of nitrogens with zero attached hydrogens (tertiary/aromatic N) is 1. The van der Waals surface area contributed by atoms with Crippen molar-refractivity contribution < 1.29 is 19.0 Å². The number of phenols is 1. The van der Waals surface area contributed by atoms with Gasteiger partial charge in [-0.1, -0.05) is 26.2 Å². The molecule has 0 bridgehead atoms. The minimum atomic E-state index is -0.735. The molecule has 1 N–H and O–H groups in total. The number of hydrogen-bond acceptors (Lipinski definition) is 3. The lowest BCUT2D eigenvalue weighted by atomic mass is 10.1. The first-order valence-electron chi connectivity index (χ1n) is 7.08. The molecule has 0 radical (unpaired) electrons. The van der Waals surface area contributed by atoms with Gasteiger partial charge in [-0.25, -0.2) is 9.18 Å². The predicted molar refractivity (Wildman–Crippen MR) is 74.4 cm³/mol. The molecule has 1 atom stereocenters. The summed E-state index contributed by atoms with van der Waals surface area (Å²) in [4.78, 5) is 13.2. The standard InChI is InChI=1S/C15H20FNO3/c1-2-3-4-5-6-12-10-17(15(19)20-12)11-7-8-14(18)13(16)9-11/h7-9,12,18H,2-6,10H2,1H3. The molecule has 0 aliphatic carbocycles. The zero-order chi connectivity index (χ0) is 14.5. The largest absolute Gasteiger partial charge is 0.505 e. The molecular weight excluding hydrogens is 261 g/mol. The summed E-state index contributed by atoms with van der Waals surface area (Å²) in [6.45, 7) is 2.59. The molecule has 1 amide bonds. The Bertz CT molecular complexity index is 478. The Morgan fingerprint density at radius 2 is 2.20 bits per heavy atom. The van der Waals surface area contributed by atoms with E-state index in [1.807, 2.05) is 0 Å². The van der Waals surface area contributed by atoms with E-state index in [-0.39, 0.29) is 6.10 Å². The third kappa shape index (κ3) is 3.40. The minimum Gasteiger partial charge on any atom is -0.505 e. The van der Waals surface area contributed by atoms with Gasteiger partial charge in [0.05, 0.1) is 12.2 Å². The first-order chi connectivity index (χ1) is 9.61. The zero-order valence-electron chi connectivity index (χ0n) is 11.6.